The Morgan fingerprint density at radius 1 is 0.880 bits per heavy atom. The standard InChI is InChI=1S/C20H17F5/c1-2-3-4-5-14-6-9-16(18(21)12-14)10-7-15-8-11-17(19(22)13-15)20(23,24)25/h6,8-9,11-13H,2-5H2,1H3. The van der Waals surface area contributed by atoms with E-state index in [9.17, 15) is 22.0 Å². The van der Waals surface area contributed by atoms with Crippen molar-refractivity contribution in [3.63, 3.8) is 0 Å². The molecule has 0 aliphatic heterocycles. The van der Waals surface area contributed by atoms with E-state index in [4.69, 9.17) is 0 Å². The van der Waals surface area contributed by atoms with E-state index in [-0.39, 0.29) is 11.1 Å². The van der Waals surface area contributed by atoms with Gasteiger partial charge in [-0.15, -0.1) is 0 Å². The van der Waals surface area contributed by atoms with Crippen molar-refractivity contribution in [1.82, 2.24) is 0 Å². The van der Waals surface area contributed by atoms with Gasteiger partial charge in [0.15, 0.2) is 0 Å². The van der Waals surface area contributed by atoms with Gasteiger partial charge in [0.1, 0.15) is 11.6 Å². The number of alkyl halides is 3. The summed E-state index contributed by atoms with van der Waals surface area (Å²) < 4.78 is 65.0. The molecule has 0 saturated heterocycles. The molecule has 25 heavy (non-hydrogen) atoms. The van der Waals surface area contributed by atoms with E-state index in [0.717, 1.165) is 37.3 Å². The van der Waals surface area contributed by atoms with Crippen molar-refractivity contribution < 1.29 is 22.0 Å². The van der Waals surface area contributed by atoms with Crippen molar-refractivity contribution in [3.05, 3.63) is 70.3 Å². The third-order valence-electron chi connectivity index (χ3n) is 3.72. The van der Waals surface area contributed by atoms with Crippen molar-refractivity contribution in [2.24, 2.45) is 0 Å². The predicted molar refractivity (Wildman–Crippen MR) is 87.0 cm³/mol. The lowest BCUT2D eigenvalue weighted by Gasteiger charge is -2.07. The Labute approximate surface area is 143 Å². The van der Waals surface area contributed by atoms with Gasteiger partial charge in [0, 0.05) is 5.56 Å². The molecule has 0 amide bonds. The second kappa shape index (κ2) is 8.15. The van der Waals surface area contributed by atoms with Gasteiger partial charge in [0.2, 0.25) is 0 Å². The van der Waals surface area contributed by atoms with Crippen LogP contribution in [0, 0.1) is 23.5 Å². The molecule has 0 aliphatic carbocycles. The second-order valence-electron chi connectivity index (χ2n) is 5.71. The maximum Gasteiger partial charge on any atom is 0.419 e. The molecule has 0 N–H and O–H groups in total. The van der Waals surface area contributed by atoms with Crippen LogP contribution in [-0.4, -0.2) is 0 Å². The van der Waals surface area contributed by atoms with Crippen molar-refractivity contribution in [2.75, 3.05) is 0 Å². The number of aryl methyl sites for hydroxylation is 1. The molecular weight excluding hydrogens is 335 g/mol. The van der Waals surface area contributed by atoms with E-state index in [2.05, 4.69) is 18.8 Å². The van der Waals surface area contributed by atoms with Gasteiger partial charge in [-0.2, -0.15) is 13.2 Å². The van der Waals surface area contributed by atoms with Crippen LogP contribution < -0.4 is 0 Å². The number of halogens is 5. The minimum Gasteiger partial charge on any atom is -0.206 e. The molecule has 5 heteroatoms. The van der Waals surface area contributed by atoms with Crippen molar-refractivity contribution >= 4 is 0 Å². The molecule has 0 heterocycles. The fourth-order valence-corrected chi connectivity index (χ4v) is 2.36. The molecule has 0 unspecified atom stereocenters. The van der Waals surface area contributed by atoms with E-state index < -0.39 is 23.4 Å². The zero-order valence-corrected chi connectivity index (χ0v) is 13.7. The molecule has 132 valence electrons. The van der Waals surface area contributed by atoms with Gasteiger partial charge in [-0.05, 0) is 48.7 Å². The minimum atomic E-state index is -4.75. The van der Waals surface area contributed by atoms with Crippen LogP contribution in [0.2, 0.25) is 0 Å². The van der Waals surface area contributed by atoms with Crippen molar-refractivity contribution in [3.8, 4) is 11.8 Å². The lowest BCUT2D eigenvalue weighted by Crippen LogP contribution is -2.07. The number of rotatable bonds is 4. The average Bonchev–Trinajstić information content (AvgIpc) is 2.53. The first-order valence-corrected chi connectivity index (χ1v) is 7.98. The van der Waals surface area contributed by atoms with Crippen LogP contribution in [-0.2, 0) is 12.6 Å². The summed E-state index contributed by atoms with van der Waals surface area (Å²) in [6.45, 7) is 2.09. The Morgan fingerprint density at radius 3 is 2.24 bits per heavy atom. The van der Waals surface area contributed by atoms with Crippen LogP contribution in [0.25, 0.3) is 0 Å². The van der Waals surface area contributed by atoms with E-state index in [0.29, 0.717) is 12.1 Å². The molecule has 0 fully saturated rings. The maximum absolute atomic E-state index is 14.0. The fourth-order valence-electron chi connectivity index (χ4n) is 2.36. The lowest BCUT2D eigenvalue weighted by atomic mass is 10.0. The van der Waals surface area contributed by atoms with E-state index in [1.54, 1.807) is 6.07 Å². The molecule has 0 nitrogen and oxygen atoms in total. The van der Waals surface area contributed by atoms with Gasteiger partial charge in [-0.1, -0.05) is 37.7 Å². The Hall–Kier alpha value is -2.35. The summed E-state index contributed by atoms with van der Waals surface area (Å²) in [7, 11) is 0. The summed E-state index contributed by atoms with van der Waals surface area (Å²) >= 11 is 0. The Kier molecular flexibility index (Phi) is 6.19. The number of hydrogen-bond donors (Lipinski definition) is 0. The first-order chi connectivity index (χ1) is 11.8. The van der Waals surface area contributed by atoms with E-state index >= 15 is 0 Å². The van der Waals surface area contributed by atoms with Crippen LogP contribution >= 0.6 is 0 Å². The van der Waals surface area contributed by atoms with Gasteiger partial charge in [-0.3, -0.25) is 0 Å². The Bertz CT molecular complexity index is 794. The Balaban J connectivity index is 2.17. The highest BCUT2D eigenvalue weighted by molar-refractivity contribution is 5.45. The summed E-state index contributed by atoms with van der Waals surface area (Å²) in [6.07, 6.45) is -0.845. The first kappa shape index (κ1) is 19.0. The molecule has 0 saturated carbocycles. The summed E-state index contributed by atoms with van der Waals surface area (Å²) in [6, 6.07) is 7.11. The highest BCUT2D eigenvalue weighted by Gasteiger charge is 2.33. The third-order valence-corrected chi connectivity index (χ3v) is 3.72. The van der Waals surface area contributed by atoms with Crippen LogP contribution in [0.1, 0.15) is 48.4 Å². The second-order valence-corrected chi connectivity index (χ2v) is 5.71. The highest BCUT2D eigenvalue weighted by Crippen LogP contribution is 2.31. The Morgan fingerprint density at radius 2 is 1.64 bits per heavy atom. The van der Waals surface area contributed by atoms with Crippen LogP contribution in [0.4, 0.5) is 22.0 Å². The molecule has 0 spiro atoms. The number of unbranched alkanes of at least 4 members (excludes halogenated alkanes) is 2. The van der Waals surface area contributed by atoms with E-state index in [1.165, 1.54) is 12.1 Å². The summed E-state index contributed by atoms with van der Waals surface area (Å²) in [5, 5.41) is 0. The normalized spacial score (nSPS) is 11.1. The first-order valence-electron chi connectivity index (χ1n) is 7.98. The molecule has 0 radical (unpaired) electrons. The molecule has 2 rings (SSSR count). The summed E-state index contributed by atoms with van der Waals surface area (Å²) in [4.78, 5) is 0. The highest BCUT2D eigenvalue weighted by atomic mass is 19.4. The molecule has 0 aromatic heterocycles. The summed E-state index contributed by atoms with van der Waals surface area (Å²) in [5.74, 6) is 3.14. The average molecular weight is 352 g/mol. The number of benzene rings is 2. The summed E-state index contributed by atoms with van der Waals surface area (Å²) in [5.41, 5.74) is -0.297. The molecule has 0 atom stereocenters. The minimum absolute atomic E-state index is 0.0527. The fraction of sp³-hybridized carbons (Fsp3) is 0.300. The SMILES string of the molecule is CCCCCc1ccc(C#Cc2ccc(C(F)(F)F)c(F)c2)c(F)c1. The largest absolute Gasteiger partial charge is 0.419 e. The quantitative estimate of drug-likeness (QED) is 0.353. The predicted octanol–water partition coefficient (Wildman–Crippen LogP) is 6.12. The monoisotopic (exact) mass is 352 g/mol. The van der Waals surface area contributed by atoms with Gasteiger partial charge >= 0.3 is 6.18 Å². The molecule has 0 aliphatic rings. The van der Waals surface area contributed by atoms with Gasteiger partial charge < -0.3 is 0 Å². The zero-order valence-electron chi connectivity index (χ0n) is 13.7. The zero-order chi connectivity index (χ0) is 18.4. The molecule has 2 aromatic carbocycles. The topological polar surface area (TPSA) is 0 Å². The van der Waals surface area contributed by atoms with Crippen molar-refractivity contribution in [1.29, 1.82) is 0 Å². The third kappa shape index (κ3) is 5.32. The van der Waals surface area contributed by atoms with Crippen LogP contribution in [0.5, 0.6) is 0 Å². The molecule has 2 aromatic rings. The van der Waals surface area contributed by atoms with Crippen LogP contribution in [0.15, 0.2) is 36.4 Å². The lowest BCUT2D eigenvalue weighted by molar-refractivity contribution is -0.140. The van der Waals surface area contributed by atoms with Crippen molar-refractivity contribution in [2.45, 2.75) is 38.8 Å². The number of hydrogen-bond acceptors (Lipinski definition) is 0. The maximum atomic E-state index is 14.0. The van der Waals surface area contributed by atoms with Gasteiger partial charge in [0.25, 0.3) is 0 Å². The molecular formula is C20H17F5. The smallest absolute Gasteiger partial charge is 0.206 e. The van der Waals surface area contributed by atoms with E-state index in [1.807, 2.05) is 0 Å². The van der Waals surface area contributed by atoms with Crippen LogP contribution in [0.3, 0.4) is 0 Å². The van der Waals surface area contributed by atoms with Gasteiger partial charge in [-0.25, -0.2) is 8.78 Å². The van der Waals surface area contributed by atoms with Gasteiger partial charge in [0.05, 0.1) is 11.1 Å². The molecule has 0 bridgehead atoms.